The quantitative estimate of drug-likeness (QED) is 0.756. The Hall–Kier alpha value is -2.32. The van der Waals surface area contributed by atoms with Crippen LogP contribution in [-0.4, -0.2) is 79.9 Å². The first kappa shape index (κ1) is 20.9. The van der Waals surface area contributed by atoms with Crippen molar-refractivity contribution in [2.45, 2.75) is 38.8 Å². The first-order valence-electron chi connectivity index (χ1n) is 10.8. The maximum atomic E-state index is 13.1. The standard InChI is InChI=1S/C22H31N3O5/c1-15(2)18(24-8-10-28-11-9-24)13-23-21(26)17-4-3-7-25(17)22(27)16-5-6-19-20(12-16)30-14-29-19/h5-6,12,15,17-18H,3-4,7-11,13-14H2,1-2H3,(H,23,26)/t17-,18+/m1/s1. The van der Waals surface area contributed by atoms with E-state index in [9.17, 15) is 9.59 Å². The van der Waals surface area contributed by atoms with E-state index in [4.69, 9.17) is 14.2 Å². The number of amides is 2. The predicted molar refractivity (Wildman–Crippen MR) is 111 cm³/mol. The topological polar surface area (TPSA) is 80.3 Å². The fraction of sp³-hybridized carbons (Fsp3) is 0.636. The second kappa shape index (κ2) is 9.22. The third kappa shape index (κ3) is 4.39. The van der Waals surface area contributed by atoms with Crippen molar-refractivity contribution in [3.63, 3.8) is 0 Å². The number of carbonyl (C=O) groups is 2. The van der Waals surface area contributed by atoms with E-state index in [2.05, 4.69) is 24.1 Å². The normalized spacial score (nSPS) is 22.4. The number of nitrogens with one attached hydrogen (secondary N) is 1. The van der Waals surface area contributed by atoms with Crippen LogP contribution in [0.1, 0.15) is 37.0 Å². The average Bonchev–Trinajstić information content (AvgIpc) is 3.42. The molecular weight excluding hydrogens is 386 g/mol. The third-order valence-corrected chi connectivity index (χ3v) is 6.21. The summed E-state index contributed by atoms with van der Waals surface area (Å²) < 4.78 is 16.2. The van der Waals surface area contributed by atoms with Crippen LogP contribution in [0.4, 0.5) is 0 Å². The van der Waals surface area contributed by atoms with E-state index in [0.717, 1.165) is 32.7 Å². The molecule has 2 saturated heterocycles. The molecule has 1 N–H and O–H groups in total. The molecule has 4 rings (SSSR count). The van der Waals surface area contributed by atoms with Gasteiger partial charge in [-0.1, -0.05) is 13.8 Å². The van der Waals surface area contributed by atoms with Gasteiger partial charge in [-0.2, -0.15) is 0 Å². The summed E-state index contributed by atoms with van der Waals surface area (Å²) in [6.07, 6.45) is 1.51. The van der Waals surface area contributed by atoms with Gasteiger partial charge >= 0.3 is 0 Å². The molecule has 164 valence electrons. The van der Waals surface area contributed by atoms with Gasteiger partial charge in [-0.25, -0.2) is 0 Å². The molecule has 0 radical (unpaired) electrons. The molecule has 0 aromatic heterocycles. The molecule has 2 fully saturated rings. The molecule has 0 unspecified atom stereocenters. The first-order valence-corrected chi connectivity index (χ1v) is 10.8. The lowest BCUT2D eigenvalue weighted by Crippen LogP contribution is -2.53. The second-order valence-electron chi connectivity index (χ2n) is 8.43. The number of nitrogens with zero attached hydrogens (tertiary/aromatic N) is 2. The summed E-state index contributed by atoms with van der Waals surface area (Å²) in [7, 11) is 0. The highest BCUT2D eigenvalue weighted by atomic mass is 16.7. The minimum absolute atomic E-state index is 0.0690. The van der Waals surface area contributed by atoms with E-state index in [1.54, 1.807) is 23.1 Å². The number of rotatable bonds is 6. The van der Waals surface area contributed by atoms with Gasteiger partial charge in [0.25, 0.3) is 5.91 Å². The molecule has 3 aliphatic rings. The minimum Gasteiger partial charge on any atom is -0.454 e. The molecule has 3 aliphatic heterocycles. The Labute approximate surface area is 177 Å². The monoisotopic (exact) mass is 417 g/mol. The summed E-state index contributed by atoms with van der Waals surface area (Å²) in [6.45, 7) is 8.93. The summed E-state index contributed by atoms with van der Waals surface area (Å²) in [5.41, 5.74) is 0.521. The SMILES string of the molecule is CC(C)[C@H](CNC(=O)[C@H]1CCCN1C(=O)c1ccc2c(c1)OCO2)N1CCOCC1. The van der Waals surface area contributed by atoms with Crippen LogP contribution >= 0.6 is 0 Å². The van der Waals surface area contributed by atoms with E-state index in [1.165, 1.54) is 0 Å². The van der Waals surface area contributed by atoms with Gasteiger partial charge in [-0.3, -0.25) is 14.5 Å². The fourth-order valence-corrected chi connectivity index (χ4v) is 4.50. The third-order valence-electron chi connectivity index (χ3n) is 6.21. The van der Waals surface area contributed by atoms with Gasteiger partial charge in [0.05, 0.1) is 13.2 Å². The fourth-order valence-electron chi connectivity index (χ4n) is 4.50. The molecule has 30 heavy (non-hydrogen) atoms. The maximum Gasteiger partial charge on any atom is 0.254 e. The lowest BCUT2D eigenvalue weighted by molar-refractivity contribution is -0.125. The Bertz CT molecular complexity index is 778. The van der Waals surface area contributed by atoms with Gasteiger partial charge in [0.2, 0.25) is 12.7 Å². The predicted octanol–water partition coefficient (Wildman–Crippen LogP) is 1.49. The van der Waals surface area contributed by atoms with Gasteiger partial charge < -0.3 is 24.4 Å². The maximum absolute atomic E-state index is 13.1. The van der Waals surface area contributed by atoms with Crippen LogP contribution < -0.4 is 14.8 Å². The van der Waals surface area contributed by atoms with Crippen molar-refractivity contribution < 1.29 is 23.8 Å². The summed E-state index contributed by atoms with van der Waals surface area (Å²) in [5, 5.41) is 3.12. The van der Waals surface area contributed by atoms with E-state index >= 15 is 0 Å². The van der Waals surface area contributed by atoms with Crippen molar-refractivity contribution in [1.29, 1.82) is 0 Å². The van der Waals surface area contributed by atoms with Crippen LogP contribution in [0.5, 0.6) is 11.5 Å². The number of ether oxygens (including phenoxy) is 3. The number of hydrogen-bond donors (Lipinski definition) is 1. The lowest BCUT2D eigenvalue weighted by atomic mass is 10.0. The van der Waals surface area contributed by atoms with E-state index < -0.39 is 6.04 Å². The van der Waals surface area contributed by atoms with Crippen LogP contribution in [0.25, 0.3) is 0 Å². The van der Waals surface area contributed by atoms with Crippen LogP contribution in [0, 0.1) is 5.92 Å². The van der Waals surface area contributed by atoms with Gasteiger partial charge in [0.15, 0.2) is 11.5 Å². The van der Waals surface area contributed by atoms with Gasteiger partial charge in [0.1, 0.15) is 6.04 Å². The Balaban J connectivity index is 1.38. The summed E-state index contributed by atoms with van der Waals surface area (Å²) in [4.78, 5) is 30.2. The Morgan fingerprint density at radius 1 is 1.13 bits per heavy atom. The van der Waals surface area contributed by atoms with Crippen LogP contribution in [0.15, 0.2) is 18.2 Å². The summed E-state index contributed by atoms with van der Waals surface area (Å²) in [5.74, 6) is 1.43. The highest BCUT2D eigenvalue weighted by Crippen LogP contribution is 2.33. The summed E-state index contributed by atoms with van der Waals surface area (Å²) in [6, 6.07) is 5.01. The Morgan fingerprint density at radius 2 is 1.90 bits per heavy atom. The molecule has 0 bridgehead atoms. The molecule has 2 amide bonds. The number of morpholine rings is 1. The molecule has 2 atom stereocenters. The molecule has 8 nitrogen and oxygen atoms in total. The zero-order valence-corrected chi connectivity index (χ0v) is 17.8. The van der Waals surface area contributed by atoms with Gasteiger partial charge in [-0.15, -0.1) is 0 Å². The summed E-state index contributed by atoms with van der Waals surface area (Å²) >= 11 is 0. The molecule has 0 spiro atoms. The minimum atomic E-state index is -0.430. The average molecular weight is 418 g/mol. The van der Waals surface area contributed by atoms with E-state index in [0.29, 0.717) is 42.5 Å². The van der Waals surface area contributed by atoms with Gasteiger partial charge in [-0.05, 0) is 37.0 Å². The van der Waals surface area contributed by atoms with Crippen molar-refractivity contribution in [2.24, 2.45) is 5.92 Å². The van der Waals surface area contributed by atoms with Crippen LogP contribution in [0.3, 0.4) is 0 Å². The molecule has 1 aromatic carbocycles. The zero-order chi connectivity index (χ0) is 21.1. The molecular formula is C22H31N3O5. The van der Waals surface area contributed by atoms with Crippen molar-refractivity contribution in [3.8, 4) is 11.5 Å². The van der Waals surface area contributed by atoms with Crippen molar-refractivity contribution in [3.05, 3.63) is 23.8 Å². The molecule has 3 heterocycles. The van der Waals surface area contributed by atoms with E-state index in [1.807, 2.05) is 0 Å². The van der Waals surface area contributed by atoms with E-state index in [-0.39, 0.29) is 24.6 Å². The van der Waals surface area contributed by atoms with Crippen molar-refractivity contribution in [2.75, 3.05) is 46.2 Å². The van der Waals surface area contributed by atoms with Crippen molar-refractivity contribution >= 4 is 11.8 Å². The molecule has 0 saturated carbocycles. The zero-order valence-electron chi connectivity index (χ0n) is 17.8. The highest BCUT2D eigenvalue weighted by molar-refractivity contribution is 5.98. The number of likely N-dealkylation sites (tertiary alicyclic amines) is 1. The highest BCUT2D eigenvalue weighted by Gasteiger charge is 2.35. The smallest absolute Gasteiger partial charge is 0.254 e. The van der Waals surface area contributed by atoms with Crippen molar-refractivity contribution in [1.82, 2.24) is 15.1 Å². The van der Waals surface area contributed by atoms with Crippen LogP contribution in [-0.2, 0) is 9.53 Å². The lowest BCUT2D eigenvalue weighted by Gasteiger charge is -2.37. The number of fused-ring (bicyclic) bond motifs is 1. The van der Waals surface area contributed by atoms with Crippen LogP contribution in [0.2, 0.25) is 0 Å². The molecule has 1 aromatic rings. The number of hydrogen-bond acceptors (Lipinski definition) is 6. The largest absolute Gasteiger partial charge is 0.454 e. The Kier molecular flexibility index (Phi) is 6.43. The second-order valence-corrected chi connectivity index (χ2v) is 8.43. The number of carbonyl (C=O) groups excluding carboxylic acids is 2. The molecule has 0 aliphatic carbocycles. The first-order chi connectivity index (χ1) is 14.5. The number of benzene rings is 1. The van der Waals surface area contributed by atoms with Gasteiger partial charge in [0, 0.05) is 37.8 Å². The molecule has 8 heteroatoms. The Morgan fingerprint density at radius 3 is 2.67 bits per heavy atom.